The molecule has 1 aromatic heterocycles. The van der Waals surface area contributed by atoms with Crippen molar-refractivity contribution >= 4 is 17.3 Å². The van der Waals surface area contributed by atoms with Gasteiger partial charge in [0.05, 0.1) is 0 Å². The van der Waals surface area contributed by atoms with Crippen molar-refractivity contribution in [1.29, 1.82) is 0 Å². The molecule has 0 spiro atoms. The average Bonchev–Trinajstić information content (AvgIpc) is 2.79. The Kier molecular flexibility index (Phi) is 7.22. The second-order valence-electron chi connectivity index (χ2n) is 6.68. The maximum absolute atomic E-state index is 12.4. The van der Waals surface area contributed by atoms with Crippen LogP contribution in [0.3, 0.4) is 0 Å². The van der Waals surface area contributed by atoms with E-state index in [1.54, 1.807) is 36.7 Å². The zero-order valence-electron chi connectivity index (χ0n) is 16.6. The molecule has 152 valence electrons. The number of hydrogen-bond acceptors (Lipinski definition) is 5. The Morgan fingerprint density at radius 2 is 1.63 bits per heavy atom. The Morgan fingerprint density at radius 3 is 2.40 bits per heavy atom. The quantitative estimate of drug-likeness (QED) is 0.435. The third kappa shape index (κ3) is 6.24. The first-order valence-corrected chi connectivity index (χ1v) is 9.64. The van der Waals surface area contributed by atoms with E-state index in [9.17, 15) is 4.79 Å². The molecule has 0 atom stereocenters. The molecule has 0 saturated carbocycles. The van der Waals surface area contributed by atoms with Crippen LogP contribution < -0.4 is 22.1 Å². The summed E-state index contributed by atoms with van der Waals surface area (Å²) in [7, 11) is 0. The first kappa shape index (κ1) is 20.7. The van der Waals surface area contributed by atoms with E-state index in [0.717, 1.165) is 23.2 Å². The van der Waals surface area contributed by atoms with Gasteiger partial charge < -0.3 is 22.1 Å². The molecule has 1 heterocycles. The lowest BCUT2D eigenvalue weighted by Crippen LogP contribution is -2.25. The standard InChI is InChI=1S/C24H25N5O/c25-22(19-5-2-1-3-6-19)9-10-23(26)29-21-8-4-7-20(17-21)24(30)28-16-13-18-11-14-27-15-12-18/h1-12,14-15,17,29H,13,16,25-26H2,(H,28,30)/b22-9-,23-10+. The van der Waals surface area contributed by atoms with Crippen molar-refractivity contribution in [2.45, 2.75) is 6.42 Å². The maximum atomic E-state index is 12.4. The van der Waals surface area contributed by atoms with Crippen LogP contribution in [0, 0.1) is 0 Å². The maximum Gasteiger partial charge on any atom is 0.251 e. The highest BCUT2D eigenvalue weighted by Gasteiger charge is 2.06. The number of aromatic nitrogens is 1. The predicted octanol–water partition coefficient (Wildman–Crippen LogP) is 3.27. The zero-order chi connectivity index (χ0) is 21.2. The molecule has 3 rings (SSSR count). The van der Waals surface area contributed by atoms with Gasteiger partial charge in [0.15, 0.2) is 0 Å². The van der Waals surface area contributed by atoms with E-state index in [1.165, 1.54) is 0 Å². The van der Waals surface area contributed by atoms with Gasteiger partial charge in [0.1, 0.15) is 5.82 Å². The number of nitrogens with zero attached hydrogens (tertiary/aromatic N) is 1. The van der Waals surface area contributed by atoms with Crippen LogP contribution in [0.15, 0.2) is 97.1 Å². The Hall–Kier alpha value is -4.06. The average molecular weight is 399 g/mol. The molecule has 2 aromatic carbocycles. The summed E-state index contributed by atoms with van der Waals surface area (Å²) >= 11 is 0. The van der Waals surface area contributed by atoms with Gasteiger partial charge in [0, 0.05) is 35.9 Å². The van der Waals surface area contributed by atoms with E-state index in [1.807, 2.05) is 54.6 Å². The molecular formula is C24H25N5O. The number of nitrogens with one attached hydrogen (secondary N) is 2. The number of hydrogen-bond donors (Lipinski definition) is 4. The van der Waals surface area contributed by atoms with Crippen molar-refractivity contribution in [3.63, 3.8) is 0 Å². The van der Waals surface area contributed by atoms with E-state index in [0.29, 0.717) is 23.6 Å². The van der Waals surface area contributed by atoms with Gasteiger partial charge in [-0.25, -0.2) is 0 Å². The van der Waals surface area contributed by atoms with E-state index < -0.39 is 0 Å². The highest BCUT2D eigenvalue weighted by atomic mass is 16.1. The van der Waals surface area contributed by atoms with Gasteiger partial charge in [-0.05, 0) is 60.0 Å². The van der Waals surface area contributed by atoms with Crippen LogP contribution in [-0.4, -0.2) is 17.4 Å². The van der Waals surface area contributed by atoms with Gasteiger partial charge in [0.2, 0.25) is 0 Å². The molecule has 0 saturated heterocycles. The number of benzene rings is 2. The number of carbonyl (C=O) groups excluding carboxylic acids is 1. The minimum Gasteiger partial charge on any atom is -0.398 e. The summed E-state index contributed by atoms with van der Waals surface area (Å²) in [6.45, 7) is 0.548. The zero-order valence-corrected chi connectivity index (χ0v) is 16.6. The summed E-state index contributed by atoms with van der Waals surface area (Å²) in [5.74, 6) is 0.285. The SMILES string of the molecule is N/C(=C\C=C(/N)Nc1cccc(C(=O)NCCc2ccncc2)c1)c1ccccc1. The molecule has 6 nitrogen and oxygen atoms in total. The van der Waals surface area contributed by atoms with Crippen molar-refractivity contribution < 1.29 is 4.79 Å². The Morgan fingerprint density at radius 1 is 0.900 bits per heavy atom. The summed E-state index contributed by atoms with van der Waals surface area (Å²) in [6.07, 6.45) is 7.67. The Bertz CT molecular complexity index is 1030. The first-order chi connectivity index (χ1) is 14.6. The molecule has 0 radical (unpaired) electrons. The molecular weight excluding hydrogens is 374 g/mol. The second-order valence-corrected chi connectivity index (χ2v) is 6.68. The van der Waals surface area contributed by atoms with Crippen molar-refractivity contribution in [2.75, 3.05) is 11.9 Å². The Labute approximate surface area is 176 Å². The fourth-order valence-corrected chi connectivity index (χ4v) is 2.82. The smallest absolute Gasteiger partial charge is 0.251 e. The number of anilines is 1. The molecule has 6 N–H and O–H groups in total. The molecule has 0 aliphatic heterocycles. The fraction of sp³-hybridized carbons (Fsp3) is 0.0833. The minimum atomic E-state index is -0.136. The highest BCUT2D eigenvalue weighted by molar-refractivity contribution is 5.95. The number of amides is 1. The predicted molar refractivity (Wildman–Crippen MR) is 121 cm³/mol. The summed E-state index contributed by atoms with van der Waals surface area (Å²) in [5, 5.41) is 6.00. The van der Waals surface area contributed by atoms with Crippen molar-refractivity contribution in [2.24, 2.45) is 11.5 Å². The first-order valence-electron chi connectivity index (χ1n) is 9.64. The van der Waals surface area contributed by atoms with Crippen LogP contribution in [-0.2, 0) is 6.42 Å². The number of allylic oxidation sites excluding steroid dienone is 2. The summed E-state index contributed by atoms with van der Waals surface area (Å²) in [6, 6.07) is 20.7. The number of carbonyl (C=O) groups is 1. The lowest BCUT2D eigenvalue weighted by atomic mass is 10.1. The third-order valence-electron chi connectivity index (χ3n) is 4.41. The van der Waals surface area contributed by atoms with Crippen molar-refractivity contribution in [3.8, 4) is 0 Å². The molecule has 0 aliphatic carbocycles. The summed E-state index contributed by atoms with van der Waals surface area (Å²) < 4.78 is 0. The molecule has 0 fully saturated rings. The topological polar surface area (TPSA) is 106 Å². The van der Waals surface area contributed by atoms with Crippen LogP contribution in [0.5, 0.6) is 0 Å². The lowest BCUT2D eigenvalue weighted by Gasteiger charge is -2.09. The van der Waals surface area contributed by atoms with Gasteiger partial charge in [-0.2, -0.15) is 0 Å². The number of nitrogens with two attached hydrogens (primary N) is 2. The van der Waals surface area contributed by atoms with Crippen molar-refractivity contribution in [1.82, 2.24) is 10.3 Å². The van der Waals surface area contributed by atoms with Crippen LogP contribution >= 0.6 is 0 Å². The Balaban J connectivity index is 1.57. The van der Waals surface area contributed by atoms with E-state index in [2.05, 4.69) is 15.6 Å². The normalized spacial score (nSPS) is 11.7. The van der Waals surface area contributed by atoms with Crippen molar-refractivity contribution in [3.05, 3.63) is 114 Å². The lowest BCUT2D eigenvalue weighted by molar-refractivity contribution is 0.0954. The molecule has 3 aromatic rings. The summed E-state index contributed by atoms with van der Waals surface area (Å²) in [5.41, 5.74) is 16.1. The molecule has 0 bridgehead atoms. The summed E-state index contributed by atoms with van der Waals surface area (Å²) in [4.78, 5) is 16.4. The van der Waals surface area contributed by atoms with Crippen LogP contribution in [0.25, 0.3) is 5.70 Å². The molecule has 1 amide bonds. The van der Waals surface area contributed by atoms with Crippen LogP contribution in [0.4, 0.5) is 5.69 Å². The fourth-order valence-electron chi connectivity index (χ4n) is 2.82. The van der Waals surface area contributed by atoms with E-state index in [4.69, 9.17) is 11.5 Å². The van der Waals surface area contributed by atoms with Gasteiger partial charge in [-0.1, -0.05) is 36.4 Å². The van der Waals surface area contributed by atoms with Crippen LogP contribution in [0.2, 0.25) is 0 Å². The third-order valence-corrected chi connectivity index (χ3v) is 4.41. The van der Waals surface area contributed by atoms with E-state index >= 15 is 0 Å². The molecule has 6 heteroatoms. The molecule has 30 heavy (non-hydrogen) atoms. The monoisotopic (exact) mass is 399 g/mol. The van der Waals surface area contributed by atoms with Gasteiger partial charge in [-0.3, -0.25) is 9.78 Å². The van der Waals surface area contributed by atoms with Gasteiger partial charge in [0.25, 0.3) is 5.91 Å². The highest BCUT2D eigenvalue weighted by Crippen LogP contribution is 2.13. The molecule has 0 aliphatic rings. The van der Waals surface area contributed by atoms with Gasteiger partial charge in [-0.15, -0.1) is 0 Å². The number of pyridine rings is 1. The second kappa shape index (κ2) is 10.5. The largest absolute Gasteiger partial charge is 0.398 e. The van der Waals surface area contributed by atoms with Crippen LogP contribution in [0.1, 0.15) is 21.5 Å². The minimum absolute atomic E-state index is 0.136. The number of rotatable bonds is 8. The molecule has 0 unspecified atom stereocenters. The van der Waals surface area contributed by atoms with Gasteiger partial charge >= 0.3 is 0 Å². The van der Waals surface area contributed by atoms with E-state index in [-0.39, 0.29) is 5.91 Å².